The SMILES string of the molecule is CC(N)=NC(=O)c1cc2c(F)cccc2nc1N1CCC(NC2CCCCC2)C(CN)C1. The first kappa shape index (κ1) is 22.6. The standard InChI is InChI=1S/C24H33FN6O/c1-15(27)28-24(32)19-12-18-20(25)8-5-9-22(18)30-23(19)31-11-10-21(16(13-26)14-31)29-17-6-3-2-4-7-17/h5,8-9,12,16-17,21,29H,2-4,6-7,10-11,13-14,26H2,1H3,(H2,27,28,32). The number of benzene rings is 1. The average molecular weight is 441 g/mol. The van der Waals surface area contributed by atoms with Crippen molar-refractivity contribution in [3.05, 3.63) is 35.6 Å². The Morgan fingerprint density at radius 1 is 1.28 bits per heavy atom. The molecule has 2 atom stereocenters. The van der Waals surface area contributed by atoms with Crippen molar-refractivity contribution in [1.82, 2.24) is 10.3 Å². The second kappa shape index (κ2) is 9.92. The quantitative estimate of drug-likeness (QED) is 0.487. The Balaban J connectivity index is 1.63. The molecule has 2 aliphatic rings. The van der Waals surface area contributed by atoms with E-state index in [0.29, 0.717) is 41.9 Å². The number of hydrogen-bond donors (Lipinski definition) is 3. The summed E-state index contributed by atoms with van der Waals surface area (Å²) in [4.78, 5) is 23.5. The summed E-state index contributed by atoms with van der Waals surface area (Å²) in [5.74, 6) is -0.0143. The first-order valence-electron chi connectivity index (χ1n) is 11.6. The van der Waals surface area contributed by atoms with E-state index in [9.17, 15) is 9.18 Å². The van der Waals surface area contributed by atoms with Gasteiger partial charge in [-0.25, -0.2) is 9.37 Å². The molecular weight excluding hydrogens is 407 g/mol. The lowest BCUT2D eigenvalue weighted by atomic mass is 9.88. The number of fused-ring (bicyclic) bond motifs is 1. The van der Waals surface area contributed by atoms with Crippen LogP contribution in [-0.4, -0.2) is 48.4 Å². The van der Waals surface area contributed by atoms with Crippen molar-refractivity contribution in [1.29, 1.82) is 0 Å². The van der Waals surface area contributed by atoms with Crippen molar-refractivity contribution in [2.24, 2.45) is 22.4 Å². The maximum atomic E-state index is 14.4. The summed E-state index contributed by atoms with van der Waals surface area (Å²) >= 11 is 0. The molecule has 32 heavy (non-hydrogen) atoms. The third kappa shape index (κ3) is 4.91. The van der Waals surface area contributed by atoms with Crippen LogP contribution in [0.3, 0.4) is 0 Å². The molecule has 8 heteroatoms. The van der Waals surface area contributed by atoms with E-state index in [4.69, 9.17) is 16.5 Å². The van der Waals surface area contributed by atoms with Gasteiger partial charge >= 0.3 is 0 Å². The largest absolute Gasteiger partial charge is 0.387 e. The highest BCUT2D eigenvalue weighted by molar-refractivity contribution is 6.07. The van der Waals surface area contributed by atoms with E-state index in [0.717, 1.165) is 13.0 Å². The number of aliphatic imine (C=N–C) groups is 1. The Bertz CT molecular complexity index is 999. The molecule has 4 rings (SSSR count). The molecule has 2 fully saturated rings. The summed E-state index contributed by atoms with van der Waals surface area (Å²) in [5.41, 5.74) is 12.6. The molecule has 2 heterocycles. The van der Waals surface area contributed by atoms with Gasteiger partial charge in [0.2, 0.25) is 0 Å². The highest BCUT2D eigenvalue weighted by atomic mass is 19.1. The van der Waals surface area contributed by atoms with Crippen LogP contribution in [-0.2, 0) is 0 Å². The topological polar surface area (TPSA) is 110 Å². The van der Waals surface area contributed by atoms with Gasteiger partial charge in [0, 0.05) is 36.5 Å². The molecular formula is C24H33FN6O. The smallest absolute Gasteiger partial charge is 0.282 e. The molecule has 1 aromatic heterocycles. The third-order valence-electron chi connectivity index (χ3n) is 6.69. The van der Waals surface area contributed by atoms with E-state index >= 15 is 0 Å². The molecule has 2 unspecified atom stereocenters. The van der Waals surface area contributed by atoms with Crippen LogP contribution in [0.4, 0.5) is 10.2 Å². The van der Waals surface area contributed by atoms with E-state index in [1.54, 1.807) is 25.1 Å². The van der Waals surface area contributed by atoms with Crippen LogP contribution < -0.4 is 21.7 Å². The third-order valence-corrected chi connectivity index (χ3v) is 6.69. The van der Waals surface area contributed by atoms with Crippen LogP contribution in [0.15, 0.2) is 29.3 Å². The molecule has 1 aliphatic carbocycles. The zero-order chi connectivity index (χ0) is 22.7. The number of piperidine rings is 1. The number of pyridine rings is 1. The molecule has 1 saturated heterocycles. The maximum absolute atomic E-state index is 14.4. The van der Waals surface area contributed by atoms with E-state index in [2.05, 4.69) is 15.2 Å². The van der Waals surface area contributed by atoms with Crippen LogP contribution in [0.2, 0.25) is 0 Å². The van der Waals surface area contributed by atoms with Crippen molar-refractivity contribution in [2.45, 2.75) is 57.5 Å². The zero-order valence-electron chi connectivity index (χ0n) is 18.7. The van der Waals surface area contributed by atoms with E-state index < -0.39 is 11.7 Å². The van der Waals surface area contributed by atoms with Crippen molar-refractivity contribution < 1.29 is 9.18 Å². The monoisotopic (exact) mass is 440 g/mol. The first-order valence-corrected chi connectivity index (χ1v) is 11.6. The summed E-state index contributed by atoms with van der Waals surface area (Å²) in [6.45, 7) is 3.52. The minimum atomic E-state index is -0.510. The Morgan fingerprint density at radius 3 is 2.78 bits per heavy atom. The maximum Gasteiger partial charge on any atom is 0.282 e. The van der Waals surface area contributed by atoms with Crippen molar-refractivity contribution in [3.63, 3.8) is 0 Å². The van der Waals surface area contributed by atoms with Gasteiger partial charge in [0.05, 0.1) is 11.1 Å². The number of aromatic nitrogens is 1. The molecule has 5 N–H and O–H groups in total. The molecule has 1 amide bonds. The molecule has 0 spiro atoms. The van der Waals surface area contributed by atoms with Crippen LogP contribution >= 0.6 is 0 Å². The second-order valence-electron chi connectivity index (χ2n) is 9.06. The van der Waals surface area contributed by atoms with Gasteiger partial charge in [-0.2, -0.15) is 4.99 Å². The number of anilines is 1. The van der Waals surface area contributed by atoms with Gasteiger partial charge in [-0.1, -0.05) is 25.3 Å². The number of hydrogen-bond acceptors (Lipinski definition) is 5. The highest BCUT2D eigenvalue weighted by Gasteiger charge is 2.32. The van der Waals surface area contributed by atoms with Crippen molar-refractivity contribution in [3.8, 4) is 0 Å². The molecule has 1 aromatic carbocycles. The van der Waals surface area contributed by atoms with E-state index in [1.165, 1.54) is 38.2 Å². The molecule has 0 radical (unpaired) electrons. The molecule has 1 aliphatic heterocycles. The second-order valence-corrected chi connectivity index (χ2v) is 9.06. The first-order chi connectivity index (χ1) is 15.5. The molecule has 1 saturated carbocycles. The number of nitrogens with two attached hydrogens (primary N) is 2. The van der Waals surface area contributed by atoms with Crippen molar-refractivity contribution in [2.75, 3.05) is 24.5 Å². The summed E-state index contributed by atoms with van der Waals surface area (Å²) < 4.78 is 14.4. The lowest BCUT2D eigenvalue weighted by Crippen LogP contribution is -2.54. The van der Waals surface area contributed by atoms with Crippen LogP contribution in [0.5, 0.6) is 0 Å². The number of nitrogens with zero attached hydrogens (tertiary/aromatic N) is 3. The Morgan fingerprint density at radius 2 is 2.06 bits per heavy atom. The highest BCUT2D eigenvalue weighted by Crippen LogP contribution is 2.30. The van der Waals surface area contributed by atoms with E-state index in [-0.39, 0.29) is 17.3 Å². The van der Waals surface area contributed by atoms with Gasteiger partial charge in [-0.15, -0.1) is 0 Å². The normalized spacial score (nSPS) is 23.0. The predicted octanol–water partition coefficient (Wildman–Crippen LogP) is 2.97. The van der Waals surface area contributed by atoms with Gasteiger partial charge in [-0.05, 0) is 50.9 Å². The summed E-state index contributed by atoms with van der Waals surface area (Å²) in [6, 6.07) is 7.20. The van der Waals surface area contributed by atoms with Gasteiger partial charge in [0.15, 0.2) is 0 Å². The Labute approximate surface area is 188 Å². The van der Waals surface area contributed by atoms with Gasteiger partial charge in [0.1, 0.15) is 17.5 Å². The molecule has 172 valence electrons. The number of amides is 1. The molecule has 0 bridgehead atoms. The van der Waals surface area contributed by atoms with Gasteiger partial charge in [0.25, 0.3) is 5.91 Å². The number of halogens is 1. The minimum Gasteiger partial charge on any atom is -0.387 e. The molecule has 7 nitrogen and oxygen atoms in total. The number of rotatable bonds is 5. The summed E-state index contributed by atoms with van der Waals surface area (Å²) in [7, 11) is 0. The van der Waals surface area contributed by atoms with Gasteiger partial charge in [-0.3, -0.25) is 4.79 Å². The summed E-state index contributed by atoms with van der Waals surface area (Å²) in [6.07, 6.45) is 7.26. The van der Waals surface area contributed by atoms with Crippen LogP contribution in [0.1, 0.15) is 55.8 Å². The van der Waals surface area contributed by atoms with Crippen LogP contribution in [0.25, 0.3) is 10.9 Å². The molecule has 2 aromatic rings. The predicted molar refractivity (Wildman–Crippen MR) is 126 cm³/mol. The van der Waals surface area contributed by atoms with E-state index in [1.807, 2.05) is 0 Å². The Kier molecular flexibility index (Phi) is 7.01. The minimum absolute atomic E-state index is 0.157. The number of nitrogens with one attached hydrogen (secondary N) is 1. The van der Waals surface area contributed by atoms with Crippen molar-refractivity contribution >= 4 is 28.5 Å². The summed E-state index contributed by atoms with van der Waals surface area (Å²) in [5, 5.41) is 4.15. The van der Waals surface area contributed by atoms with Gasteiger partial charge < -0.3 is 21.7 Å². The number of amidine groups is 1. The Hall–Kier alpha value is -2.58. The fourth-order valence-electron chi connectivity index (χ4n) is 5.02. The number of carbonyl (C=O) groups excluding carboxylic acids is 1. The number of carbonyl (C=O) groups is 1. The fraction of sp³-hybridized carbons (Fsp3) is 0.542. The zero-order valence-corrected chi connectivity index (χ0v) is 18.7. The average Bonchev–Trinajstić information content (AvgIpc) is 2.79. The lowest BCUT2D eigenvalue weighted by Gasteiger charge is -2.41. The van der Waals surface area contributed by atoms with Crippen LogP contribution in [0, 0.1) is 11.7 Å². The fourth-order valence-corrected chi connectivity index (χ4v) is 5.02. The lowest BCUT2D eigenvalue weighted by molar-refractivity contribution is 0.100.